The van der Waals surface area contributed by atoms with Gasteiger partial charge in [0.15, 0.2) is 0 Å². The van der Waals surface area contributed by atoms with Crippen LogP contribution in [0.25, 0.3) is 0 Å². The molecule has 0 radical (unpaired) electrons. The standard InChI is InChI=1S/C33H38F4N2O/c34-30-10-3-1-9-28(30)24-39-21-22-40-31-11-4-2-7-27(31)8-5-6-16-32(25-39)17-19-38(20-18-32)23-26-12-14-29(15-13-26)33(35,36)37/h1-4,7,9-15H,5-6,8,16-25H2. The van der Waals surface area contributed by atoms with Gasteiger partial charge in [0.2, 0.25) is 0 Å². The molecule has 1 fully saturated rings. The maximum atomic E-state index is 14.6. The number of piperidine rings is 1. The van der Waals surface area contributed by atoms with Crippen LogP contribution in [0.3, 0.4) is 0 Å². The average molecular weight is 555 g/mol. The molecule has 2 aliphatic heterocycles. The van der Waals surface area contributed by atoms with Crippen molar-refractivity contribution in [2.45, 2.75) is 57.8 Å². The van der Waals surface area contributed by atoms with Gasteiger partial charge in [0.1, 0.15) is 18.2 Å². The molecule has 2 aliphatic rings. The highest BCUT2D eigenvalue weighted by molar-refractivity contribution is 5.33. The molecule has 0 N–H and O–H groups in total. The van der Waals surface area contributed by atoms with Crippen molar-refractivity contribution in [1.29, 1.82) is 0 Å². The SMILES string of the molecule is Fc1ccccc1CN1CCOc2ccccc2CCCCC2(CCN(Cc3ccc(C(F)(F)F)cc3)CC2)C1. The molecule has 1 spiro atoms. The first-order chi connectivity index (χ1) is 19.3. The molecule has 0 saturated carbocycles. The van der Waals surface area contributed by atoms with Crippen LogP contribution in [0.2, 0.25) is 0 Å². The summed E-state index contributed by atoms with van der Waals surface area (Å²) in [6, 6.07) is 20.8. The fourth-order valence-corrected chi connectivity index (χ4v) is 6.24. The Kier molecular flexibility index (Phi) is 9.11. The number of hydrogen-bond acceptors (Lipinski definition) is 3. The lowest BCUT2D eigenvalue weighted by Gasteiger charge is -2.45. The Hall–Kier alpha value is -2.90. The van der Waals surface area contributed by atoms with E-state index in [4.69, 9.17) is 4.74 Å². The van der Waals surface area contributed by atoms with Gasteiger partial charge in [-0.05, 0) is 86.0 Å². The second kappa shape index (κ2) is 12.7. The minimum Gasteiger partial charge on any atom is -0.492 e. The normalized spacial score (nSPS) is 19.3. The zero-order valence-corrected chi connectivity index (χ0v) is 22.9. The molecule has 40 heavy (non-hydrogen) atoms. The molecular weight excluding hydrogens is 516 g/mol. The number of alkyl halides is 3. The Labute approximate surface area is 234 Å². The van der Waals surface area contributed by atoms with Crippen molar-refractivity contribution in [3.05, 3.63) is 101 Å². The van der Waals surface area contributed by atoms with Crippen LogP contribution < -0.4 is 4.74 Å². The van der Waals surface area contributed by atoms with Gasteiger partial charge in [-0.15, -0.1) is 0 Å². The molecule has 3 aromatic rings. The summed E-state index contributed by atoms with van der Waals surface area (Å²) in [6.07, 6.45) is 2.01. The van der Waals surface area contributed by atoms with E-state index in [-0.39, 0.29) is 11.2 Å². The highest BCUT2D eigenvalue weighted by atomic mass is 19.4. The van der Waals surface area contributed by atoms with Crippen LogP contribution in [0.5, 0.6) is 5.75 Å². The minimum absolute atomic E-state index is 0.112. The smallest absolute Gasteiger partial charge is 0.416 e. The van der Waals surface area contributed by atoms with Crippen LogP contribution >= 0.6 is 0 Å². The lowest BCUT2D eigenvalue weighted by Crippen LogP contribution is -2.47. The number of benzene rings is 3. The summed E-state index contributed by atoms with van der Waals surface area (Å²) < 4.78 is 59.8. The van der Waals surface area contributed by atoms with E-state index in [2.05, 4.69) is 21.9 Å². The van der Waals surface area contributed by atoms with Crippen LogP contribution in [0, 0.1) is 11.2 Å². The number of fused-ring (bicyclic) bond motifs is 1. The number of hydrogen-bond donors (Lipinski definition) is 0. The monoisotopic (exact) mass is 554 g/mol. The van der Waals surface area contributed by atoms with Gasteiger partial charge in [-0.1, -0.05) is 55.0 Å². The van der Waals surface area contributed by atoms with Crippen molar-refractivity contribution >= 4 is 0 Å². The number of likely N-dealkylation sites (tertiary alicyclic amines) is 1. The summed E-state index contributed by atoms with van der Waals surface area (Å²) in [5.41, 5.74) is 2.35. The lowest BCUT2D eigenvalue weighted by atomic mass is 9.73. The van der Waals surface area contributed by atoms with Gasteiger partial charge in [-0.3, -0.25) is 9.80 Å². The first-order valence-electron chi connectivity index (χ1n) is 14.3. The van der Waals surface area contributed by atoms with Gasteiger partial charge in [-0.2, -0.15) is 13.2 Å². The maximum absolute atomic E-state index is 14.6. The van der Waals surface area contributed by atoms with E-state index in [0.29, 0.717) is 31.8 Å². The van der Waals surface area contributed by atoms with E-state index in [9.17, 15) is 17.6 Å². The van der Waals surface area contributed by atoms with E-state index < -0.39 is 11.7 Å². The summed E-state index contributed by atoms with van der Waals surface area (Å²) in [4.78, 5) is 4.71. The molecule has 1 saturated heterocycles. The lowest BCUT2D eigenvalue weighted by molar-refractivity contribution is -0.137. The van der Waals surface area contributed by atoms with Crippen molar-refractivity contribution in [2.75, 3.05) is 32.8 Å². The highest BCUT2D eigenvalue weighted by Gasteiger charge is 2.36. The average Bonchev–Trinajstić information content (AvgIpc) is 2.93. The second-order valence-electron chi connectivity index (χ2n) is 11.4. The molecule has 0 amide bonds. The topological polar surface area (TPSA) is 15.7 Å². The first kappa shape index (κ1) is 28.6. The predicted molar refractivity (Wildman–Crippen MR) is 150 cm³/mol. The number of aryl methyl sites for hydroxylation is 1. The summed E-state index contributed by atoms with van der Waals surface area (Å²) in [6.45, 7) is 5.11. The van der Waals surface area contributed by atoms with E-state index in [1.807, 2.05) is 24.3 Å². The van der Waals surface area contributed by atoms with Crippen molar-refractivity contribution in [1.82, 2.24) is 9.80 Å². The summed E-state index contributed by atoms with van der Waals surface area (Å²) in [5.74, 6) is 0.764. The van der Waals surface area contributed by atoms with Crippen molar-refractivity contribution in [2.24, 2.45) is 5.41 Å². The van der Waals surface area contributed by atoms with Crippen molar-refractivity contribution in [3.63, 3.8) is 0 Å². The molecule has 0 aromatic heterocycles. The highest BCUT2D eigenvalue weighted by Crippen LogP contribution is 2.39. The van der Waals surface area contributed by atoms with Crippen LogP contribution in [0.15, 0.2) is 72.8 Å². The number of halogens is 4. The van der Waals surface area contributed by atoms with Gasteiger partial charge in [-0.25, -0.2) is 4.39 Å². The van der Waals surface area contributed by atoms with Crippen molar-refractivity contribution < 1.29 is 22.3 Å². The van der Waals surface area contributed by atoms with Crippen LogP contribution in [-0.4, -0.2) is 42.6 Å². The molecule has 3 aromatic carbocycles. The quantitative estimate of drug-likeness (QED) is 0.307. The maximum Gasteiger partial charge on any atom is 0.416 e. The number of rotatable bonds is 4. The molecule has 0 atom stereocenters. The van der Waals surface area contributed by atoms with Crippen molar-refractivity contribution in [3.8, 4) is 5.75 Å². The first-order valence-corrected chi connectivity index (χ1v) is 14.3. The zero-order valence-electron chi connectivity index (χ0n) is 22.9. The number of nitrogens with zero attached hydrogens (tertiary/aromatic N) is 2. The fraction of sp³-hybridized carbons (Fsp3) is 0.455. The summed E-state index contributed by atoms with van der Waals surface area (Å²) in [7, 11) is 0. The summed E-state index contributed by atoms with van der Waals surface area (Å²) in [5, 5.41) is 0. The third kappa shape index (κ3) is 7.43. The van der Waals surface area contributed by atoms with Gasteiger partial charge in [0.25, 0.3) is 0 Å². The second-order valence-corrected chi connectivity index (χ2v) is 11.4. The van der Waals surface area contributed by atoms with Crippen LogP contribution in [0.4, 0.5) is 17.6 Å². The van der Waals surface area contributed by atoms with Crippen LogP contribution in [-0.2, 0) is 25.7 Å². The van der Waals surface area contributed by atoms with Gasteiger partial charge < -0.3 is 4.74 Å². The molecule has 214 valence electrons. The molecule has 0 aliphatic carbocycles. The Morgan fingerprint density at radius 2 is 1.48 bits per heavy atom. The molecule has 0 bridgehead atoms. The third-order valence-corrected chi connectivity index (χ3v) is 8.56. The van der Waals surface area contributed by atoms with Gasteiger partial charge >= 0.3 is 6.18 Å². The molecule has 0 unspecified atom stereocenters. The molecule has 3 nitrogen and oxygen atoms in total. The molecular formula is C33H38F4N2O. The van der Waals surface area contributed by atoms with E-state index in [0.717, 1.165) is 69.5 Å². The number of ether oxygens (including phenoxy) is 1. The Balaban J connectivity index is 1.29. The van der Waals surface area contributed by atoms with Gasteiger partial charge in [0.05, 0.1) is 5.56 Å². The minimum atomic E-state index is -4.31. The van der Waals surface area contributed by atoms with E-state index >= 15 is 0 Å². The largest absolute Gasteiger partial charge is 0.492 e. The van der Waals surface area contributed by atoms with Crippen LogP contribution in [0.1, 0.15) is 54.4 Å². The number of para-hydroxylation sites is 1. The Morgan fingerprint density at radius 1 is 0.750 bits per heavy atom. The summed E-state index contributed by atoms with van der Waals surface area (Å²) >= 11 is 0. The Bertz CT molecular complexity index is 1240. The zero-order chi connectivity index (χ0) is 28.0. The van der Waals surface area contributed by atoms with E-state index in [1.54, 1.807) is 18.2 Å². The van der Waals surface area contributed by atoms with E-state index in [1.165, 1.54) is 23.8 Å². The third-order valence-electron chi connectivity index (χ3n) is 8.56. The molecule has 5 rings (SSSR count). The fourth-order valence-electron chi connectivity index (χ4n) is 6.24. The Morgan fingerprint density at radius 3 is 2.23 bits per heavy atom. The molecule has 7 heteroatoms. The molecule has 2 heterocycles. The van der Waals surface area contributed by atoms with Gasteiger partial charge in [0, 0.05) is 31.7 Å². The predicted octanol–water partition coefficient (Wildman–Crippen LogP) is 7.73.